The van der Waals surface area contributed by atoms with Crippen molar-refractivity contribution in [2.45, 2.75) is 0 Å². The topological polar surface area (TPSA) is 61.7 Å². The Balaban J connectivity index is 1.09. The van der Waals surface area contributed by atoms with Gasteiger partial charge in [0.05, 0.1) is 27.8 Å². The van der Waals surface area contributed by atoms with Crippen LogP contribution in [-0.2, 0) is 0 Å². The second kappa shape index (κ2) is 15.6. The number of hydrogen-bond acceptors (Lipinski definition) is 4. The molecule has 69 heavy (non-hydrogen) atoms. The molecule has 0 bridgehead atoms. The number of para-hydroxylation sites is 3. The average Bonchev–Trinajstić information content (AvgIpc) is 4.09. The highest BCUT2D eigenvalue weighted by Crippen LogP contribution is 2.44. The Morgan fingerprint density at radius 2 is 0.826 bits per heavy atom. The number of nitrogens with zero attached hydrogens (tertiary/aromatic N) is 5. The van der Waals surface area contributed by atoms with Crippen molar-refractivity contribution in [2.24, 2.45) is 0 Å². The summed E-state index contributed by atoms with van der Waals surface area (Å²) in [6.07, 6.45) is 0. The first-order valence-electron chi connectivity index (χ1n) is 23.3. The molecule has 0 unspecified atom stereocenters. The van der Waals surface area contributed by atoms with E-state index in [-0.39, 0.29) is 0 Å². The number of furan rings is 1. The van der Waals surface area contributed by atoms with E-state index in [9.17, 15) is 0 Å². The molecule has 0 spiro atoms. The highest BCUT2D eigenvalue weighted by molar-refractivity contribution is 6.24. The molecule has 0 N–H and O–H groups in total. The van der Waals surface area contributed by atoms with Gasteiger partial charge in [0.15, 0.2) is 11.6 Å². The lowest BCUT2D eigenvalue weighted by Crippen LogP contribution is -2.07. The Hall–Kier alpha value is -9.39. The molecular formula is C63H39N5O. The lowest BCUT2D eigenvalue weighted by Gasteiger charge is -2.16. The van der Waals surface area contributed by atoms with Crippen LogP contribution in [0.5, 0.6) is 0 Å². The van der Waals surface area contributed by atoms with Gasteiger partial charge in [-0.25, -0.2) is 4.98 Å². The van der Waals surface area contributed by atoms with Crippen molar-refractivity contribution >= 4 is 65.6 Å². The van der Waals surface area contributed by atoms with Gasteiger partial charge in [-0.1, -0.05) is 194 Å². The third-order valence-corrected chi connectivity index (χ3v) is 13.6. The van der Waals surface area contributed by atoms with Crippen LogP contribution in [0.3, 0.4) is 0 Å². The number of rotatable bonds is 7. The third kappa shape index (κ3) is 6.23. The third-order valence-electron chi connectivity index (χ3n) is 13.6. The number of benzene rings is 10. The molecule has 0 aliphatic rings. The van der Waals surface area contributed by atoms with Gasteiger partial charge in [-0.05, 0) is 70.3 Å². The van der Waals surface area contributed by atoms with Gasteiger partial charge in [0.25, 0.3) is 0 Å². The maximum absolute atomic E-state index is 6.67. The molecule has 0 saturated heterocycles. The summed E-state index contributed by atoms with van der Waals surface area (Å²) in [5.74, 6) is 1.63. The van der Waals surface area contributed by atoms with Crippen LogP contribution in [0, 0.1) is 0 Å². The van der Waals surface area contributed by atoms with E-state index in [0.717, 1.165) is 116 Å². The van der Waals surface area contributed by atoms with Crippen LogP contribution >= 0.6 is 0 Å². The minimum absolute atomic E-state index is 0.517. The predicted molar refractivity (Wildman–Crippen MR) is 283 cm³/mol. The van der Waals surface area contributed by atoms with Gasteiger partial charge < -0.3 is 8.98 Å². The van der Waals surface area contributed by atoms with E-state index < -0.39 is 0 Å². The number of hydrogen-bond donors (Lipinski definition) is 0. The standard InChI is InChI=1S/C63H39N5O/c1-4-18-40(19-5-1)43-24-16-25-45(38-43)61-64-62(52-29-17-33-56-58(52)51-35-34-44(39-57(51)69-56)41-20-6-2-7-21-41)66-63(65-61)68-55-32-15-12-28-48(55)50-37-36-49-47-27-11-14-31-54(47)67(59(49)60(50)68)53-30-13-10-26-46(53)42-22-8-3-9-23-42/h1-39H. The van der Waals surface area contributed by atoms with E-state index >= 15 is 0 Å². The maximum atomic E-state index is 6.67. The normalized spacial score (nSPS) is 11.8. The fourth-order valence-electron chi connectivity index (χ4n) is 10.5. The molecule has 322 valence electrons. The highest BCUT2D eigenvalue weighted by atomic mass is 16.3. The smallest absolute Gasteiger partial charge is 0.238 e. The largest absolute Gasteiger partial charge is 0.456 e. The van der Waals surface area contributed by atoms with Crippen molar-refractivity contribution in [2.75, 3.05) is 0 Å². The summed E-state index contributed by atoms with van der Waals surface area (Å²) in [5, 5.41) is 6.46. The fourth-order valence-corrected chi connectivity index (χ4v) is 10.5. The maximum Gasteiger partial charge on any atom is 0.238 e. The molecule has 4 heterocycles. The molecule has 0 fully saturated rings. The van der Waals surface area contributed by atoms with Crippen LogP contribution in [-0.4, -0.2) is 24.1 Å². The zero-order valence-electron chi connectivity index (χ0n) is 37.2. The van der Waals surface area contributed by atoms with Crippen molar-refractivity contribution < 1.29 is 4.42 Å². The first-order valence-corrected chi connectivity index (χ1v) is 23.3. The molecule has 6 heteroatoms. The molecule has 0 amide bonds. The first-order chi connectivity index (χ1) is 34.2. The van der Waals surface area contributed by atoms with Crippen molar-refractivity contribution in [3.8, 4) is 67.8 Å². The van der Waals surface area contributed by atoms with Gasteiger partial charge in [-0.3, -0.25) is 4.57 Å². The van der Waals surface area contributed by atoms with Gasteiger partial charge in [0.1, 0.15) is 11.2 Å². The van der Waals surface area contributed by atoms with Gasteiger partial charge in [-0.2, -0.15) is 9.97 Å². The molecule has 14 rings (SSSR count). The summed E-state index contributed by atoms with van der Waals surface area (Å²) in [6.45, 7) is 0. The van der Waals surface area contributed by atoms with E-state index in [2.05, 4.69) is 221 Å². The summed E-state index contributed by atoms with van der Waals surface area (Å²) in [5.41, 5.74) is 15.3. The Morgan fingerprint density at radius 1 is 0.304 bits per heavy atom. The number of fused-ring (bicyclic) bond motifs is 10. The molecular weight excluding hydrogens is 843 g/mol. The van der Waals surface area contributed by atoms with Crippen LogP contribution < -0.4 is 0 Å². The Bertz CT molecular complexity index is 4300. The molecule has 0 saturated carbocycles. The molecule has 0 radical (unpaired) electrons. The summed E-state index contributed by atoms with van der Waals surface area (Å²) in [4.78, 5) is 16.5. The molecule has 4 aromatic heterocycles. The van der Waals surface area contributed by atoms with Gasteiger partial charge in [0.2, 0.25) is 5.95 Å². The van der Waals surface area contributed by atoms with E-state index in [4.69, 9.17) is 19.4 Å². The summed E-state index contributed by atoms with van der Waals surface area (Å²) < 4.78 is 11.4. The van der Waals surface area contributed by atoms with Gasteiger partial charge in [-0.15, -0.1) is 0 Å². The first kappa shape index (κ1) is 38.8. The summed E-state index contributed by atoms with van der Waals surface area (Å²) in [7, 11) is 0. The zero-order valence-corrected chi connectivity index (χ0v) is 37.2. The summed E-state index contributed by atoms with van der Waals surface area (Å²) in [6, 6.07) is 83.2. The van der Waals surface area contributed by atoms with E-state index in [1.54, 1.807) is 0 Å². The lowest BCUT2D eigenvalue weighted by atomic mass is 10.0. The Morgan fingerprint density at radius 3 is 1.55 bits per heavy atom. The van der Waals surface area contributed by atoms with Crippen LogP contribution in [0.4, 0.5) is 0 Å². The Labute approximate surface area is 396 Å². The molecule has 0 aliphatic carbocycles. The van der Waals surface area contributed by atoms with Gasteiger partial charge in [0, 0.05) is 49.0 Å². The second-order valence-corrected chi connectivity index (χ2v) is 17.5. The highest BCUT2D eigenvalue weighted by Gasteiger charge is 2.25. The monoisotopic (exact) mass is 881 g/mol. The number of aromatic nitrogens is 5. The van der Waals surface area contributed by atoms with Crippen molar-refractivity contribution in [3.05, 3.63) is 237 Å². The molecule has 6 nitrogen and oxygen atoms in total. The molecule has 10 aromatic carbocycles. The molecule has 0 aliphatic heterocycles. The lowest BCUT2D eigenvalue weighted by molar-refractivity contribution is 0.669. The van der Waals surface area contributed by atoms with Crippen LogP contribution in [0.2, 0.25) is 0 Å². The quantitative estimate of drug-likeness (QED) is 0.160. The van der Waals surface area contributed by atoms with Crippen molar-refractivity contribution in [1.82, 2.24) is 24.1 Å². The minimum Gasteiger partial charge on any atom is -0.456 e. The van der Waals surface area contributed by atoms with Crippen LogP contribution in [0.25, 0.3) is 133 Å². The van der Waals surface area contributed by atoms with Crippen LogP contribution in [0.15, 0.2) is 241 Å². The second-order valence-electron chi connectivity index (χ2n) is 17.5. The fraction of sp³-hybridized carbons (Fsp3) is 0. The van der Waals surface area contributed by atoms with Crippen LogP contribution in [0.1, 0.15) is 0 Å². The van der Waals surface area contributed by atoms with E-state index in [0.29, 0.717) is 17.6 Å². The molecule has 14 aromatic rings. The average molecular weight is 882 g/mol. The predicted octanol–water partition coefficient (Wildman–Crippen LogP) is 16.3. The van der Waals surface area contributed by atoms with Gasteiger partial charge >= 0.3 is 0 Å². The Kier molecular flexibility index (Phi) is 8.79. The van der Waals surface area contributed by atoms with Crippen molar-refractivity contribution in [3.63, 3.8) is 0 Å². The van der Waals surface area contributed by atoms with E-state index in [1.165, 1.54) is 0 Å². The zero-order chi connectivity index (χ0) is 45.4. The molecule has 0 atom stereocenters. The van der Waals surface area contributed by atoms with E-state index in [1.807, 2.05) is 24.3 Å². The SMILES string of the molecule is c1ccc(-c2cccc(-c3nc(-c4cccc5oc6cc(-c7ccccc7)ccc6c45)nc(-n4c5ccccc5c5ccc6c7ccccc7n(-c7ccccc7-c7ccccc7)c6c54)n3)c2)cc1. The minimum atomic E-state index is 0.517. The van der Waals surface area contributed by atoms with Crippen molar-refractivity contribution in [1.29, 1.82) is 0 Å². The summed E-state index contributed by atoms with van der Waals surface area (Å²) >= 11 is 0.